The first-order valence-electron chi connectivity index (χ1n) is 11.3. The monoisotopic (exact) mass is 455 g/mol. The number of nitrogens with zero attached hydrogens (tertiary/aromatic N) is 6. The van der Waals surface area contributed by atoms with Gasteiger partial charge in [0.05, 0.1) is 14.2 Å². The molecule has 10 heteroatoms. The Morgan fingerprint density at radius 1 is 0.848 bits per heavy atom. The third-order valence-corrected chi connectivity index (χ3v) is 6.11. The molecule has 3 heterocycles. The van der Waals surface area contributed by atoms with E-state index >= 15 is 0 Å². The molecule has 2 amide bonds. The highest BCUT2D eigenvalue weighted by Gasteiger charge is 2.24. The lowest BCUT2D eigenvalue weighted by Crippen LogP contribution is -2.50. The molecule has 2 aliphatic rings. The van der Waals surface area contributed by atoms with Gasteiger partial charge < -0.3 is 34.4 Å². The summed E-state index contributed by atoms with van der Waals surface area (Å²) in [6.45, 7) is 8.56. The number of aromatic nitrogens is 2. The van der Waals surface area contributed by atoms with Crippen LogP contribution in [-0.4, -0.2) is 99.4 Å². The van der Waals surface area contributed by atoms with E-state index < -0.39 is 0 Å². The van der Waals surface area contributed by atoms with Crippen LogP contribution in [0.25, 0.3) is 0 Å². The normalized spacial score (nSPS) is 17.2. The summed E-state index contributed by atoms with van der Waals surface area (Å²) in [5.41, 5.74) is 1.60. The predicted octanol–water partition coefficient (Wildman–Crippen LogP) is 1.91. The zero-order valence-electron chi connectivity index (χ0n) is 19.9. The Balaban J connectivity index is 1.37. The van der Waals surface area contributed by atoms with E-state index in [-0.39, 0.29) is 6.03 Å². The molecule has 1 aromatic heterocycles. The van der Waals surface area contributed by atoms with Crippen molar-refractivity contribution in [1.82, 2.24) is 19.8 Å². The van der Waals surface area contributed by atoms with Crippen LogP contribution in [0.1, 0.15) is 5.69 Å². The van der Waals surface area contributed by atoms with E-state index in [2.05, 4.69) is 38.1 Å². The lowest BCUT2D eigenvalue weighted by molar-refractivity contribution is 0.208. The van der Waals surface area contributed by atoms with Crippen LogP contribution < -0.4 is 24.6 Å². The standard InChI is InChI=1S/C23H33N7O3/c1-17-13-21(28-7-5-27(2)6-8-28)26-22(24-17)29-9-11-30(12-10-29)23(31)25-18-14-19(32-3)16-20(15-18)33-4/h13-16H,5-12H2,1-4H3,(H,25,31). The topological polar surface area (TPSA) is 86.3 Å². The number of nitrogens with one attached hydrogen (secondary N) is 1. The first-order chi connectivity index (χ1) is 15.9. The third-order valence-electron chi connectivity index (χ3n) is 6.11. The van der Waals surface area contributed by atoms with Gasteiger partial charge in [0.25, 0.3) is 0 Å². The molecule has 2 fully saturated rings. The predicted molar refractivity (Wildman–Crippen MR) is 129 cm³/mol. The number of rotatable bonds is 5. The molecule has 0 radical (unpaired) electrons. The average Bonchev–Trinajstić information content (AvgIpc) is 2.83. The summed E-state index contributed by atoms with van der Waals surface area (Å²) in [7, 11) is 5.32. The van der Waals surface area contributed by atoms with Gasteiger partial charge in [-0.1, -0.05) is 0 Å². The molecule has 0 aliphatic carbocycles. The Morgan fingerprint density at radius 2 is 1.45 bits per heavy atom. The molecular weight excluding hydrogens is 422 g/mol. The SMILES string of the molecule is COc1cc(NC(=O)N2CCN(c3nc(C)cc(N4CCN(C)CC4)n3)CC2)cc(OC)c1. The lowest BCUT2D eigenvalue weighted by Gasteiger charge is -2.36. The van der Waals surface area contributed by atoms with Crippen molar-refractivity contribution in [2.45, 2.75) is 6.92 Å². The van der Waals surface area contributed by atoms with E-state index in [0.717, 1.165) is 43.6 Å². The highest BCUT2D eigenvalue weighted by atomic mass is 16.5. The summed E-state index contributed by atoms with van der Waals surface area (Å²) in [4.78, 5) is 31.0. The van der Waals surface area contributed by atoms with E-state index in [1.54, 1.807) is 37.3 Å². The highest BCUT2D eigenvalue weighted by molar-refractivity contribution is 5.90. The summed E-state index contributed by atoms with van der Waals surface area (Å²) < 4.78 is 10.6. The van der Waals surface area contributed by atoms with Crippen LogP contribution in [0.4, 0.5) is 22.2 Å². The second kappa shape index (κ2) is 10.1. The maximum absolute atomic E-state index is 12.8. The van der Waals surface area contributed by atoms with Crippen LogP contribution in [0.15, 0.2) is 24.3 Å². The van der Waals surface area contributed by atoms with Gasteiger partial charge in [-0.15, -0.1) is 0 Å². The smallest absolute Gasteiger partial charge is 0.321 e. The number of hydrogen-bond donors (Lipinski definition) is 1. The highest BCUT2D eigenvalue weighted by Crippen LogP contribution is 2.26. The van der Waals surface area contributed by atoms with Gasteiger partial charge in [-0.3, -0.25) is 0 Å². The minimum Gasteiger partial charge on any atom is -0.497 e. The van der Waals surface area contributed by atoms with Gasteiger partial charge in [0.2, 0.25) is 5.95 Å². The van der Waals surface area contributed by atoms with E-state index in [4.69, 9.17) is 14.5 Å². The van der Waals surface area contributed by atoms with Crippen molar-refractivity contribution in [3.05, 3.63) is 30.0 Å². The van der Waals surface area contributed by atoms with Gasteiger partial charge >= 0.3 is 6.03 Å². The Labute approximate surface area is 195 Å². The van der Waals surface area contributed by atoms with Gasteiger partial charge in [-0.25, -0.2) is 9.78 Å². The number of amides is 2. The fourth-order valence-electron chi connectivity index (χ4n) is 4.07. The van der Waals surface area contributed by atoms with Crippen LogP contribution in [-0.2, 0) is 0 Å². The summed E-state index contributed by atoms with van der Waals surface area (Å²) in [6.07, 6.45) is 0. The largest absolute Gasteiger partial charge is 0.497 e. The first kappa shape index (κ1) is 22.9. The summed E-state index contributed by atoms with van der Waals surface area (Å²) >= 11 is 0. The maximum atomic E-state index is 12.8. The second-order valence-electron chi connectivity index (χ2n) is 8.46. The van der Waals surface area contributed by atoms with E-state index in [1.165, 1.54) is 0 Å². The minimum absolute atomic E-state index is 0.145. The van der Waals surface area contributed by atoms with Gasteiger partial charge in [0.15, 0.2) is 0 Å². The molecule has 33 heavy (non-hydrogen) atoms. The molecule has 2 aliphatic heterocycles. The van der Waals surface area contributed by atoms with Crippen LogP contribution in [0.3, 0.4) is 0 Å². The van der Waals surface area contributed by atoms with Crippen molar-refractivity contribution in [2.24, 2.45) is 0 Å². The molecule has 178 valence electrons. The number of hydrogen-bond acceptors (Lipinski definition) is 8. The van der Waals surface area contributed by atoms with Crippen molar-refractivity contribution in [1.29, 1.82) is 0 Å². The van der Waals surface area contributed by atoms with E-state index in [0.29, 0.717) is 43.4 Å². The number of likely N-dealkylation sites (N-methyl/N-ethyl adjacent to an activating group) is 1. The number of methoxy groups -OCH3 is 2. The first-order valence-corrected chi connectivity index (χ1v) is 11.3. The molecule has 0 saturated carbocycles. The molecule has 0 atom stereocenters. The van der Waals surface area contributed by atoms with Crippen LogP contribution in [0.2, 0.25) is 0 Å². The Bertz CT molecular complexity index is 948. The number of piperazine rings is 2. The zero-order chi connectivity index (χ0) is 23.4. The van der Waals surface area contributed by atoms with Crippen molar-refractivity contribution in [3.63, 3.8) is 0 Å². The quantitative estimate of drug-likeness (QED) is 0.732. The fraction of sp³-hybridized carbons (Fsp3) is 0.522. The number of benzene rings is 1. The molecule has 0 bridgehead atoms. The summed E-state index contributed by atoms with van der Waals surface area (Å²) in [5, 5.41) is 2.95. The molecule has 10 nitrogen and oxygen atoms in total. The average molecular weight is 456 g/mol. The minimum atomic E-state index is -0.145. The molecule has 0 spiro atoms. The molecule has 4 rings (SSSR count). The van der Waals surface area contributed by atoms with Crippen LogP contribution in [0.5, 0.6) is 11.5 Å². The molecule has 1 aromatic carbocycles. The Hall–Kier alpha value is -3.27. The van der Waals surface area contributed by atoms with Gasteiger partial charge in [-0.05, 0) is 14.0 Å². The number of urea groups is 1. The van der Waals surface area contributed by atoms with Crippen molar-refractivity contribution >= 4 is 23.5 Å². The van der Waals surface area contributed by atoms with E-state index in [1.807, 2.05) is 6.92 Å². The van der Waals surface area contributed by atoms with Crippen molar-refractivity contribution in [3.8, 4) is 11.5 Å². The van der Waals surface area contributed by atoms with Crippen molar-refractivity contribution in [2.75, 3.05) is 88.7 Å². The zero-order valence-corrected chi connectivity index (χ0v) is 19.9. The second-order valence-corrected chi connectivity index (χ2v) is 8.46. The summed E-state index contributed by atoms with van der Waals surface area (Å²) in [5.74, 6) is 2.98. The fourth-order valence-corrected chi connectivity index (χ4v) is 4.07. The molecule has 1 N–H and O–H groups in total. The van der Waals surface area contributed by atoms with Gasteiger partial charge in [0, 0.05) is 88.0 Å². The maximum Gasteiger partial charge on any atom is 0.321 e. The molecular formula is C23H33N7O3. The van der Waals surface area contributed by atoms with Gasteiger partial charge in [0.1, 0.15) is 17.3 Å². The molecule has 2 aromatic rings. The lowest BCUT2D eigenvalue weighted by atomic mass is 10.2. The number of anilines is 3. The Kier molecular flexibility index (Phi) is 7.02. The number of aryl methyl sites for hydroxylation is 1. The number of carbonyl (C=O) groups excluding carboxylic acids is 1. The number of carbonyl (C=O) groups is 1. The third kappa shape index (κ3) is 5.57. The van der Waals surface area contributed by atoms with Crippen molar-refractivity contribution < 1.29 is 14.3 Å². The van der Waals surface area contributed by atoms with Gasteiger partial charge in [-0.2, -0.15) is 4.98 Å². The summed E-state index contributed by atoms with van der Waals surface area (Å²) in [6, 6.07) is 7.23. The number of ether oxygens (including phenoxy) is 2. The van der Waals surface area contributed by atoms with Crippen LogP contribution in [0, 0.1) is 6.92 Å². The molecule has 2 saturated heterocycles. The molecule has 0 unspecified atom stereocenters. The van der Waals surface area contributed by atoms with Crippen LogP contribution >= 0.6 is 0 Å². The Morgan fingerprint density at radius 3 is 2.06 bits per heavy atom. The van der Waals surface area contributed by atoms with E-state index in [9.17, 15) is 4.79 Å².